The molecule has 9 heteroatoms. The first-order valence-electron chi connectivity index (χ1n) is 8.15. The van der Waals surface area contributed by atoms with Crippen LogP contribution in [0.3, 0.4) is 0 Å². The number of fused-ring (bicyclic) bond motifs is 1. The minimum atomic E-state index is -4.52. The van der Waals surface area contributed by atoms with Gasteiger partial charge >= 0.3 is 6.18 Å². The molecule has 0 saturated heterocycles. The molecular weight excluding hydrogens is 371 g/mol. The van der Waals surface area contributed by atoms with Crippen LogP contribution in [0.4, 0.5) is 18.9 Å². The van der Waals surface area contributed by atoms with E-state index in [-0.39, 0.29) is 22.6 Å². The van der Waals surface area contributed by atoms with Crippen molar-refractivity contribution in [1.29, 1.82) is 0 Å². The average molecular weight is 383 g/mol. The molecule has 3 aromatic heterocycles. The van der Waals surface area contributed by atoms with Crippen LogP contribution >= 0.6 is 0 Å². The Hall–Kier alpha value is -3.75. The third-order valence-electron chi connectivity index (χ3n) is 4.03. The van der Waals surface area contributed by atoms with Crippen molar-refractivity contribution in [3.8, 4) is 11.3 Å². The number of carbonyl (C=O) groups is 1. The van der Waals surface area contributed by atoms with Gasteiger partial charge in [0, 0.05) is 18.0 Å². The van der Waals surface area contributed by atoms with E-state index in [1.54, 1.807) is 18.3 Å². The molecule has 3 heterocycles. The number of nitrogens with zero attached hydrogens (tertiary/aromatic N) is 4. The fraction of sp³-hybridized carbons (Fsp3) is 0.0526. The topological polar surface area (TPSA) is 72.2 Å². The van der Waals surface area contributed by atoms with Gasteiger partial charge in [0.2, 0.25) is 0 Å². The molecule has 0 unspecified atom stereocenters. The zero-order chi connectivity index (χ0) is 19.7. The van der Waals surface area contributed by atoms with Crippen LogP contribution in [0, 0.1) is 0 Å². The van der Waals surface area contributed by atoms with Gasteiger partial charge in [-0.1, -0.05) is 18.2 Å². The fourth-order valence-electron chi connectivity index (χ4n) is 2.77. The van der Waals surface area contributed by atoms with E-state index in [0.29, 0.717) is 5.69 Å². The van der Waals surface area contributed by atoms with E-state index in [1.165, 1.54) is 47.4 Å². The highest BCUT2D eigenvalue weighted by Crippen LogP contribution is 2.36. The first-order valence-corrected chi connectivity index (χ1v) is 8.15. The number of imidazole rings is 1. The van der Waals surface area contributed by atoms with Gasteiger partial charge in [-0.2, -0.15) is 13.2 Å². The van der Waals surface area contributed by atoms with Gasteiger partial charge in [-0.3, -0.25) is 14.2 Å². The Kier molecular flexibility index (Phi) is 4.26. The number of rotatable bonds is 3. The van der Waals surface area contributed by atoms with Crippen molar-refractivity contribution in [2.24, 2.45) is 0 Å². The maximum Gasteiger partial charge on any atom is 0.417 e. The first-order chi connectivity index (χ1) is 13.4. The van der Waals surface area contributed by atoms with Gasteiger partial charge in [0.25, 0.3) is 5.91 Å². The first kappa shape index (κ1) is 17.7. The van der Waals surface area contributed by atoms with Gasteiger partial charge in [-0.15, -0.1) is 0 Å². The molecule has 0 spiro atoms. The number of carbonyl (C=O) groups excluding carboxylic acids is 1. The molecular formula is C19H12F3N5O. The standard InChI is InChI=1S/C19H12F3N5O/c20-19(21,22)14-6-2-1-5-13(14)15-7-9-27-11-24-16(17(27)26-15)18(28)25-12-4-3-8-23-10-12/h1-11H,(H,25,28). The highest BCUT2D eigenvalue weighted by Gasteiger charge is 2.33. The lowest BCUT2D eigenvalue weighted by atomic mass is 10.0. The number of hydrogen-bond donors (Lipinski definition) is 1. The van der Waals surface area contributed by atoms with Gasteiger partial charge in [-0.25, -0.2) is 9.97 Å². The Morgan fingerprint density at radius 1 is 1.07 bits per heavy atom. The van der Waals surface area contributed by atoms with E-state index in [1.807, 2.05) is 0 Å². The molecule has 28 heavy (non-hydrogen) atoms. The van der Waals surface area contributed by atoms with Gasteiger partial charge in [0.1, 0.15) is 6.33 Å². The molecule has 0 fully saturated rings. The van der Waals surface area contributed by atoms with E-state index in [0.717, 1.165) is 6.07 Å². The minimum absolute atomic E-state index is 0.00445. The van der Waals surface area contributed by atoms with Gasteiger partial charge in [0.05, 0.1) is 23.1 Å². The summed E-state index contributed by atoms with van der Waals surface area (Å²) < 4.78 is 41.4. The molecule has 0 aliphatic carbocycles. The fourth-order valence-corrected chi connectivity index (χ4v) is 2.77. The van der Waals surface area contributed by atoms with E-state index in [2.05, 4.69) is 20.3 Å². The summed E-state index contributed by atoms with van der Waals surface area (Å²) >= 11 is 0. The van der Waals surface area contributed by atoms with Crippen LogP contribution in [0.1, 0.15) is 16.1 Å². The van der Waals surface area contributed by atoms with Crippen LogP contribution in [0.5, 0.6) is 0 Å². The van der Waals surface area contributed by atoms with Crippen LogP contribution in [-0.4, -0.2) is 25.3 Å². The summed E-state index contributed by atoms with van der Waals surface area (Å²) in [5.74, 6) is -0.538. The maximum atomic E-state index is 13.3. The third kappa shape index (κ3) is 3.29. The molecule has 0 atom stereocenters. The summed E-state index contributed by atoms with van der Waals surface area (Å²) in [6, 6.07) is 9.91. The summed E-state index contributed by atoms with van der Waals surface area (Å²) in [7, 11) is 0. The third-order valence-corrected chi connectivity index (χ3v) is 4.03. The SMILES string of the molecule is O=C(Nc1cccnc1)c1ncn2ccc(-c3ccccc3C(F)(F)F)nc12. The molecule has 4 aromatic rings. The molecule has 140 valence electrons. The number of aromatic nitrogens is 4. The number of amides is 1. The summed E-state index contributed by atoms with van der Waals surface area (Å²) in [5, 5.41) is 2.63. The number of alkyl halides is 3. The number of benzene rings is 1. The Labute approximate surface area is 156 Å². The summed E-state index contributed by atoms with van der Waals surface area (Å²) in [4.78, 5) is 24.7. The summed E-state index contributed by atoms with van der Waals surface area (Å²) in [6.45, 7) is 0. The van der Waals surface area contributed by atoms with Crippen molar-refractivity contribution in [1.82, 2.24) is 19.4 Å². The van der Waals surface area contributed by atoms with E-state index in [4.69, 9.17) is 0 Å². The van der Waals surface area contributed by atoms with E-state index in [9.17, 15) is 18.0 Å². The Morgan fingerprint density at radius 3 is 2.64 bits per heavy atom. The number of nitrogens with one attached hydrogen (secondary N) is 1. The van der Waals surface area contributed by atoms with Crippen LogP contribution in [0.25, 0.3) is 16.9 Å². The lowest BCUT2D eigenvalue weighted by Crippen LogP contribution is -2.13. The number of halogens is 3. The lowest BCUT2D eigenvalue weighted by molar-refractivity contribution is -0.137. The van der Waals surface area contributed by atoms with Crippen molar-refractivity contribution < 1.29 is 18.0 Å². The van der Waals surface area contributed by atoms with E-state index >= 15 is 0 Å². The smallest absolute Gasteiger partial charge is 0.319 e. The van der Waals surface area contributed by atoms with E-state index < -0.39 is 17.6 Å². The number of hydrogen-bond acceptors (Lipinski definition) is 4. The quantitative estimate of drug-likeness (QED) is 0.579. The zero-order valence-electron chi connectivity index (χ0n) is 14.2. The predicted molar refractivity (Wildman–Crippen MR) is 95.6 cm³/mol. The molecule has 0 bridgehead atoms. The van der Waals surface area contributed by atoms with Crippen LogP contribution < -0.4 is 5.32 Å². The number of pyridine rings is 1. The highest BCUT2D eigenvalue weighted by atomic mass is 19.4. The van der Waals surface area contributed by atoms with Crippen molar-refractivity contribution in [3.05, 3.63) is 78.6 Å². The average Bonchev–Trinajstić information content (AvgIpc) is 3.11. The van der Waals surface area contributed by atoms with Crippen molar-refractivity contribution >= 4 is 17.2 Å². The molecule has 1 N–H and O–H groups in total. The van der Waals surface area contributed by atoms with Gasteiger partial charge in [0.15, 0.2) is 11.3 Å². The molecule has 0 aliphatic heterocycles. The molecule has 1 amide bonds. The molecule has 6 nitrogen and oxygen atoms in total. The monoisotopic (exact) mass is 383 g/mol. The van der Waals surface area contributed by atoms with Crippen molar-refractivity contribution in [3.63, 3.8) is 0 Å². The lowest BCUT2D eigenvalue weighted by Gasteiger charge is -2.12. The zero-order valence-corrected chi connectivity index (χ0v) is 14.2. The van der Waals surface area contributed by atoms with Gasteiger partial charge in [-0.05, 0) is 24.3 Å². The summed E-state index contributed by atoms with van der Waals surface area (Å²) in [5.41, 5.74) is -0.167. The predicted octanol–water partition coefficient (Wildman–Crippen LogP) is 4.06. The molecule has 1 aromatic carbocycles. The maximum absolute atomic E-state index is 13.3. The normalized spacial score (nSPS) is 11.5. The van der Waals surface area contributed by atoms with Crippen LogP contribution in [0.15, 0.2) is 67.4 Å². The second-order valence-corrected chi connectivity index (χ2v) is 5.88. The number of anilines is 1. The molecule has 0 saturated carbocycles. The second-order valence-electron chi connectivity index (χ2n) is 5.88. The largest absolute Gasteiger partial charge is 0.417 e. The molecule has 4 rings (SSSR count). The van der Waals surface area contributed by atoms with Crippen molar-refractivity contribution in [2.75, 3.05) is 5.32 Å². The second kappa shape index (κ2) is 6.76. The molecule has 0 radical (unpaired) electrons. The van der Waals surface area contributed by atoms with Crippen LogP contribution in [0.2, 0.25) is 0 Å². The Morgan fingerprint density at radius 2 is 1.89 bits per heavy atom. The van der Waals surface area contributed by atoms with Crippen LogP contribution in [-0.2, 0) is 6.18 Å². The van der Waals surface area contributed by atoms with Crippen molar-refractivity contribution in [2.45, 2.75) is 6.18 Å². The molecule has 0 aliphatic rings. The highest BCUT2D eigenvalue weighted by molar-refractivity contribution is 6.06. The van der Waals surface area contributed by atoms with Gasteiger partial charge < -0.3 is 5.32 Å². The summed E-state index contributed by atoms with van der Waals surface area (Å²) in [6.07, 6.45) is 1.39. The minimum Gasteiger partial charge on any atom is -0.319 e. The Balaban J connectivity index is 1.77. The Bertz CT molecular complexity index is 1160.